The van der Waals surface area contributed by atoms with Crippen LogP contribution in [0.25, 0.3) is 0 Å². The third-order valence-electron chi connectivity index (χ3n) is 8.53. The summed E-state index contributed by atoms with van der Waals surface area (Å²) in [5.74, 6) is -1.26. The average molecular weight is 647 g/mol. The molecule has 0 fully saturated rings. The van der Waals surface area contributed by atoms with Gasteiger partial charge in [0.05, 0.1) is 22.1 Å². The number of hydrogen-bond donors (Lipinski definition) is 0. The number of methoxy groups -OCH3 is 1. The van der Waals surface area contributed by atoms with Gasteiger partial charge in [0.25, 0.3) is 0 Å². The van der Waals surface area contributed by atoms with Gasteiger partial charge in [0, 0.05) is 61.0 Å². The second kappa shape index (κ2) is 11.6. The van der Waals surface area contributed by atoms with Crippen LogP contribution in [-0.4, -0.2) is 41.7 Å². The number of allylic oxidation sites excluding steroid dienone is 4. The molecule has 1 aliphatic heterocycles. The number of Topliss-reactive ketones (excluding diaryl/α,β-unsaturated/α-hetero) is 2. The average Bonchev–Trinajstić information content (AvgIpc) is 2.91. The van der Waals surface area contributed by atoms with Crippen LogP contribution < -0.4 is 4.74 Å². The summed E-state index contributed by atoms with van der Waals surface area (Å²) in [6.45, 7) is 9.05. The second-order valence-electron chi connectivity index (χ2n) is 13.4. The maximum absolute atomic E-state index is 13.9. The molecule has 0 atom stereocenters. The lowest BCUT2D eigenvalue weighted by Gasteiger charge is -2.49. The van der Waals surface area contributed by atoms with Crippen molar-refractivity contribution in [2.75, 3.05) is 20.3 Å². The zero-order valence-corrected chi connectivity index (χ0v) is 26.4. The van der Waals surface area contributed by atoms with Gasteiger partial charge < -0.3 is 14.4 Å². The topological polar surface area (TPSA) is 99.0 Å². The molecule has 45 heavy (non-hydrogen) atoms. The Balaban J connectivity index is 1.62. The molecule has 0 N–H and O–H groups in total. The number of alkyl halides is 3. The summed E-state index contributed by atoms with van der Waals surface area (Å²) in [5, 5.41) is 11.6. The quantitative estimate of drug-likeness (QED) is 0.220. The Kier molecular flexibility index (Phi) is 8.41. The molecular formula is C33H34ClF3N2O6. The summed E-state index contributed by atoms with van der Waals surface area (Å²) in [6.07, 6.45) is -2.94. The molecule has 2 aromatic rings. The fourth-order valence-corrected chi connectivity index (χ4v) is 6.88. The number of nitro groups is 1. The zero-order chi connectivity index (χ0) is 33.1. The van der Waals surface area contributed by atoms with Crippen molar-refractivity contribution in [1.82, 2.24) is 4.90 Å². The van der Waals surface area contributed by atoms with Gasteiger partial charge in [0.2, 0.25) is 5.75 Å². The maximum Gasteiger partial charge on any atom is 0.416 e. The van der Waals surface area contributed by atoms with E-state index in [-0.39, 0.29) is 33.2 Å². The highest BCUT2D eigenvalue weighted by Crippen LogP contribution is 2.55. The molecule has 2 aliphatic carbocycles. The highest BCUT2D eigenvalue weighted by Gasteiger charge is 2.49. The maximum atomic E-state index is 13.9. The summed E-state index contributed by atoms with van der Waals surface area (Å²) in [4.78, 5) is 40.5. The van der Waals surface area contributed by atoms with Crippen LogP contribution >= 0.6 is 11.6 Å². The van der Waals surface area contributed by atoms with Crippen molar-refractivity contribution in [1.29, 1.82) is 0 Å². The van der Waals surface area contributed by atoms with Gasteiger partial charge in [-0.25, -0.2) is 0 Å². The Hall–Kier alpha value is -3.70. The van der Waals surface area contributed by atoms with E-state index in [0.29, 0.717) is 67.7 Å². The lowest BCUT2D eigenvalue weighted by molar-refractivity contribution is -0.385. The van der Waals surface area contributed by atoms with E-state index in [9.17, 15) is 32.9 Å². The summed E-state index contributed by atoms with van der Waals surface area (Å²) >= 11 is 6.64. The minimum absolute atomic E-state index is 0.0139. The number of nitro benzene ring substituents is 1. The predicted molar refractivity (Wildman–Crippen MR) is 161 cm³/mol. The molecule has 8 nitrogen and oxygen atoms in total. The molecule has 3 aliphatic rings. The molecule has 12 heteroatoms. The third-order valence-corrected chi connectivity index (χ3v) is 8.83. The molecule has 0 aromatic heterocycles. The molecule has 0 saturated carbocycles. The first kappa shape index (κ1) is 32.7. The number of hydrogen-bond acceptors (Lipinski definition) is 7. The first-order chi connectivity index (χ1) is 20.9. The zero-order valence-electron chi connectivity index (χ0n) is 25.6. The van der Waals surface area contributed by atoms with Gasteiger partial charge in [-0.2, -0.15) is 13.2 Å². The van der Waals surface area contributed by atoms with Crippen molar-refractivity contribution >= 4 is 28.9 Å². The molecule has 0 bridgehead atoms. The van der Waals surface area contributed by atoms with Crippen LogP contribution in [0.3, 0.4) is 0 Å². The van der Waals surface area contributed by atoms with E-state index < -0.39 is 34.0 Å². The van der Waals surface area contributed by atoms with E-state index in [4.69, 9.17) is 21.1 Å². The Labute approximate surface area is 264 Å². The van der Waals surface area contributed by atoms with Crippen LogP contribution in [0.15, 0.2) is 58.9 Å². The first-order valence-corrected chi connectivity index (χ1v) is 14.9. The Morgan fingerprint density at radius 1 is 0.933 bits per heavy atom. The first-order valence-electron chi connectivity index (χ1n) is 14.5. The van der Waals surface area contributed by atoms with Crippen molar-refractivity contribution in [3.63, 3.8) is 0 Å². The van der Waals surface area contributed by atoms with E-state index in [1.165, 1.54) is 6.07 Å². The molecule has 1 heterocycles. The monoisotopic (exact) mass is 646 g/mol. The van der Waals surface area contributed by atoms with Crippen LogP contribution in [0.5, 0.6) is 11.5 Å². The van der Waals surface area contributed by atoms with Gasteiger partial charge in [0.1, 0.15) is 5.75 Å². The van der Waals surface area contributed by atoms with Crippen molar-refractivity contribution in [2.24, 2.45) is 10.8 Å². The van der Waals surface area contributed by atoms with E-state index in [2.05, 4.69) is 4.90 Å². The van der Waals surface area contributed by atoms with Gasteiger partial charge in [-0.3, -0.25) is 19.7 Å². The standard InChI is InChI=1S/C33H34ClF3N2O6/c1-31(2)14-22-29(24(40)16-31)28(30-23(38(22)10-11-44-5)15-32(3,4)17-25(30)41)18-6-8-26(20(34)12-18)45-27-9-7-19(33(35,36)37)13-21(27)39(42)43/h6-9,12-13,28H,10-11,14-17H2,1-5H3. The highest BCUT2D eigenvalue weighted by molar-refractivity contribution is 6.32. The van der Waals surface area contributed by atoms with Crippen LogP contribution in [0.2, 0.25) is 5.02 Å². The van der Waals surface area contributed by atoms with Crippen molar-refractivity contribution < 1.29 is 37.2 Å². The lowest BCUT2D eigenvalue weighted by atomic mass is 9.63. The Morgan fingerprint density at radius 2 is 1.49 bits per heavy atom. The minimum atomic E-state index is -4.78. The number of halogens is 4. The summed E-state index contributed by atoms with van der Waals surface area (Å²) in [5.41, 5.74) is 0.715. The fourth-order valence-electron chi connectivity index (χ4n) is 6.65. The molecule has 0 spiro atoms. The number of ketones is 2. The summed E-state index contributed by atoms with van der Waals surface area (Å²) < 4.78 is 50.6. The van der Waals surface area contributed by atoms with Gasteiger partial charge >= 0.3 is 11.9 Å². The Morgan fingerprint density at radius 3 is 1.98 bits per heavy atom. The molecule has 5 rings (SSSR count). The summed E-state index contributed by atoms with van der Waals surface area (Å²) in [6, 6.07) is 6.62. The van der Waals surface area contributed by atoms with Crippen LogP contribution in [0.4, 0.5) is 18.9 Å². The number of carbonyl (C=O) groups excluding carboxylic acids is 2. The van der Waals surface area contributed by atoms with E-state index in [0.717, 1.165) is 17.5 Å². The molecule has 0 amide bonds. The number of ether oxygens (including phenoxy) is 2. The SMILES string of the molecule is COCCN1C2=C(C(=O)CC(C)(C)C2)C(c2ccc(Oc3ccc(C(F)(F)F)cc3[N+](=O)[O-])c(Cl)c2)C2=C1CC(C)(C)CC2=O. The Bertz CT molecular complexity index is 1610. The number of nitrogens with zero attached hydrogens (tertiary/aromatic N) is 2. The third kappa shape index (κ3) is 6.37. The smallest absolute Gasteiger partial charge is 0.416 e. The van der Waals surface area contributed by atoms with E-state index >= 15 is 0 Å². The summed E-state index contributed by atoms with van der Waals surface area (Å²) in [7, 11) is 1.61. The van der Waals surface area contributed by atoms with Crippen LogP contribution in [0.1, 0.15) is 70.4 Å². The molecule has 240 valence electrons. The van der Waals surface area contributed by atoms with Crippen molar-refractivity contribution in [3.05, 3.63) is 85.2 Å². The predicted octanol–water partition coefficient (Wildman–Crippen LogP) is 8.39. The van der Waals surface area contributed by atoms with Gasteiger partial charge in [-0.1, -0.05) is 45.4 Å². The molecular weight excluding hydrogens is 613 g/mol. The number of carbonyl (C=O) groups is 2. The van der Waals surface area contributed by atoms with Crippen molar-refractivity contribution in [2.45, 2.75) is 65.5 Å². The van der Waals surface area contributed by atoms with Crippen molar-refractivity contribution in [3.8, 4) is 11.5 Å². The van der Waals surface area contributed by atoms with Gasteiger partial charge in [-0.05, 0) is 53.5 Å². The molecule has 0 unspecified atom stereocenters. The molecule has 0 radical (unpaired) electrons. The minimum Gasteiger partial charge on any atom is -0.449 e. The normalized spacial score (nSPS) is 19.9. The highest BCUT2D eigenvalue weighted by atomic mass is 35.5. The van der Waals surface area contributed by atoms with Gasteiger partial charge in [-0.15, -0.1) is 0 Å². The lowest BCUT2D eigenvalue weighted by Crippen LogP contribution is -2.45. The molecule has 0 saturated heterocycles. The largest absolute Gasteiger partial charge is 0.449 e. The van der Waals surface area contributed by atoms with E-state index in [1.807, 2.05) is 27.7 Å². The van der Waals surface area contributed by atoms with Gasteiger partial charge in [0.15, 0.2) is 11.6 Å². The van der Waals surface area contributed by atoms with Crippen LogP contribution in [0, 0.1) is 20.9 Å². The second-order valence-corrected chi connectivity index (χ2v) is 13.8. The number of rotatable bonds is 7. The number of benzene rings is 2. The van der Waals surface area contributed by atoms with E-state index in [1.54, 1.807) is 19.2 Å². The molecule has 2 aromatic carbocycles. The fraction of sp³-hybridized carbons (Fsp3) is 0.455. The van der Waals surface area contributed by atoms with Crippen LogP contribution in [-0.2, 0) is 20.5 Å².